The molecule has 2 heterocycles. The lowest BCUT2D eigenvalue weighted by Crippen LogP contribution is -2.48. The number of ether oxygens (including phenoxy) is 1. The Bertz CT molecular complexity index is 363. The smallest absolute Gasteiger partial charge is 0.250 e. The number of hydrogen-bond acceptors (Lipinski definition) is 4. The molecule has 5 heteroatoms. The van der Waals surface area contributed by atoms with E-state index < -0.39 is 0 Å². The van der Waals surface area contributed by atoms with Crippen molar-refractivity contribution < 1.29 is 9.53 Å². The van der Waals surface area contributed by atoms with Crippen LogP contribution in [0.15, 0.2) is 24.5 Å². The molecule has 17 heavy (non-hydrogen) atoms. The molecule has 1 aromatic heterocycles. The molecule has 1 aliphatic heterocycles. The maximum atomic E-state index is 11.9. The molecule has 1 unspecified atom stereocenters. The highest BCUT2D eigenvalue weighted by Crippen LogP contribution is 2.10. The summed E-state index contributed by atoms with van der Waals surface area (Å²) in [7, 11) is 0. The second-order valence-electron chi connectivity index (χ2n) is 4.07. The van der Waals surface area contributed by atoms with Crippen molar-refractivity contribution in [1.82, 2.24) is 15.6 Å². The number of carbonyl (C=O) groups excluding carboxylic acids is 1. The summed E-state index contributed by atoms with van der Waals surface area (Å²) < 4.78 is 5.39. The van der Waals surface area contributed by atoms with Gasteiger partial charge in [-0.2, -0.15) is 0 Å². The van der Waals surface area contributed by atoms with Gasteiger partial charge >= 0.3 is 0 Å². The van der Waals surface area contributed by atoms with E-state index in [1.54, 1.807) is 12.4 Å². The average molecular weight is 235 g/mol. The van der Waals surface area contributed by atoms with Crippen LogP contribution in [0.3, 0.4) is 0 Å². The molecule has 5 nitrogen and oxygen atoms in total. The number of nitrogens with zero attached hydrogens (tertiary/aromatic N) is 1. The van der Waals surface area contributed by atoms with E-state index in [4.69, 9.17) is 4.74 Å². The van der Waals surface area contributed by atoms with Gasteiger partial charge in [0.05, 0.1) is 12.6 Å². The van der Waals surface area contributed by atoms with Gasteiger partial charge in [-0.15, -0.1) is 0 Å². The minimum atomic E-state index is -0.381. The zero-order valence-electron chi connectivity index (χ0n) is 9.85. The summed E-state index contributed by atoms with van der Waals surface area (Å²) in [6.07, 6.45) is 3.06. The van der Waals surface area contributed by atoms with Crippen LogP contribution in [0.1, 0.15) is 18.5 Å². The molecule has 1 aliphatic rings. The summed E-state index contributed by atoms with van der Waals surface area (Å²) in [4.78, 5) is 15.8. The van der Waals surface area contributed by atoms with Gasteiger partial charge in [-0.05, 0) is 24.6 Å². The number of hydrogen-bond donors (Lipinski definition) is 2. The lowest BCUT2D eigenvalue weighted by Gasteiger charge is -2.24. The van der Waals surface area contributed by atoms with Crippen molar-refractivity contribution in [3.63, 3.8) is 0 Å². The van der Waals surface area contributed by atoms with Gasteiger partial charge in [-0.25, -0.2) is 0 Å². The Morgan fingerprint density at radius 1 is 1.59 bits per heavy atom. The van der Waals surface area contributed by atoms with Crippen LogP contribution >= 0.6 is 0 Å². The predicted molar refractivity (Wildman–Crippen MR) is 63.4 cm³/mol. The molecular weight excluding hydrogens is 218 g/mol. The predicted octanol–water partition coefficient (Wildman–Crippen LogP) is 0.247. The normalized spacial score (nSPS) is 21.8. The summed E-state index contributed by atoms with van der Waals surface area (Å²) in [5.74, 6) is -0.0680. The molecule has 1 amide bonds. The second-order valence-corrected chi connectivity index (χ2v) is 4.07. The van der Waals surface area contributed by atoms with Crippen LogP contribution in [0.5, 0.6) is 0 Å². The first-order valence-electron chi connectivity index (χ1n) is 5.80. The van der Waals surface area contributed by atoms with E-state index in [1.165, 1.54) is 0 Å². The van der Waals surface area contributed by atoms with Gasteiger partial charge in [-0.1, -0.05) is 0 Å². The molecule has 0 radical (unpaired) electrons. The van der Waals surface area contributed by atoms with Crippen LogP contribution in [0.25, 0.3) is 0 Å². The van der Waals surface area contributed by atoms with Crippen molar-refractivity contribution in [3.8, 4) is 0 Å². The maximum absolute atomic E-state index is 11.9. The van der Waals surface area contributed by atoms with Crippen LogP contribution in [-0.2, 0) is 9.53 Å². The van der Waals surface area contributed by atoms with Gasteiger partial charge in [0.15, 0.2) is 0 Å². The highest BCUT2D eigenvalue weighted by molar-refractivity contribution is 5.81. The van der Waals surface area contributed by atoms with E-state index in [0.717, 1.165) is 12.1 Å². The van der Waals surface area contributed by atoms with Crippen molar-refractivity contribution in [3.05, 3.63) is 30.1 Å². The van der Waals surface area contributed by atoms with Crippen LogP contribution in [0.2, 0.25) is 0 Å². The van der Waals surface area contributed by atoms with Gasteiger partial charge in [0, 0.05) is 25.5 Å². The lowest BCUT2D eigenvalue weighted by molar-refractivity contribution is -0.134. The Morgan fingerprint density at radius 3 is 3.00 bits per heavy atom. The molecule has 1 fully saturated rings. The highest BCUT2D eigenvalue weighted by atomic mass is 16.5. The fourth-order valence-electron chi connectivity index (χ4n) is 1.78. The Balaban J connectivity index is 1.89. The van der Waals surface area contributed by atoms with E-state index in [9.17, 15) is 4.79 Å². The molecule has 0 saturated carbocycles. The van der Waals surface area contributed by atoms with Gasteiger partial charge < -0.3 is 15.4 Å². The zero-order chi connectivity index (χ0) is 12.1. The summed E-state index contributed by atoms with van der Waals surface area (Å²) in [6, 6.07) is 3.76. The molecule has 0 aromatic carbocycles. The van der Waals surface area contributed by atoms with Crippen molar-refractivity contribution in [2.75, 3.05) is 19.7 Å². The lowest BCUT2D eigenvalue weighted by atomic mass is 10.1. The summed E-state index contributed by atoms with van der Waals surface area (Å²) in [6.45, 7) is 3.92. The number of morpholine rings is 1. The first-order chi connectivity index (χ1) is 8.27. The topological polar surface area (TPSA) is 63.2 Å². The number of nitrogens with one attached hydrogen (secondary N) is 2. The van der Waals surface area contributed by atoms with Crippen LogP contribution < -0.4 is 10.6 Å². The summed E-state index contributed by atoms with van der Waals surface area (Å²) >= 11 is 0. The number of aromatic nitrogens is 1. The standard InChI is InChI=1S/C12H17N3O2/c1-9(10-2-4-13-5-3-10)15-12(16)11-8-14-6-7-17-11/h2-5,9,11,14H,6-8H2,1H3,(H,15,16)/t9-,11?/m1/s1. The third-order valence-electron chi connectivity index (χ3n) is 2.78. The van der Waals surface area contributed by atoms with Gasteiger partial charge in [0.2, 0.25) is 0 Å². The van der Waals surface area contributed by atoms with E-state index in [2.05, 4.69) is 15.6 Å². The molecule has 2 N–H and O–H groups in total. The van der Waals surface area contributed by atoms with Crippen molar-refractivity contribution in [2.45, 2.75) is 19.1 Å². The van der Waals surface area contributed by atoms with E-state index in [-0.39, 0.29) is 18.1 Å². The van der Waals surface area contributed by atoms with Crippen LogP contribution in [0.4, 0.5) is 0 Å². The van der Waals surface area contributed by atoms with E-state index >= 15 is 0 Å². The van der Waals surface area contributed by atoms with Crippen LogP contribution in [-0.4, -0.2) is 36.7 Å². The largest absolute Gasteiger partial charge is 0.366 e. The van der Waals surface area contributed by atoms with Gasteiger partial charge in [-0.3, -0.25) is 9.78 Å². The molecule has 0 aliphatic carbocycles. The first-order valence-corrected chi connectivity index (χ1v) is 5.80. The van der Waals surface area contributed by atoms with Crippen molar-refractivity contribution in [1.29, 1.82) is 0 Å². The van der Waals surface area contributed by atoms with Gasteiger partial charge in [0.1, 0.15) is 6.10 Å². The second kappa shape index (κ2) is 5.75. The molecule has 2 atom stereocenters. The Labute approximate surface area is 101 Å². The number of pyridine rings is 1. The minimum Gasteiger partial charge on any atom is -0.366 e. The third-order valence-corrected chi connectivity index (χ3v) is 2.78. The zero-order valence-corrected chi connectivity index (χ0v) is 9.85. The van der Waals surface area contributed by atoms with Crippen LogP contribution in [0, 0.1) is 0 Å². The molecule has 1 aromatic rings. The number of amides is 1. The Hall–Kier alpha value is -1.46. The molecule has 0 spiro atoms. The van der Waals surface area contributed by atoms with Crippen molar-refractivity contribution in [2.24, 2.45) is 0 Å². The Kier molecular flexibility index (Phi) is 4.06. The first kappa shape index (κ1) is 12.0. The SMILES string of the molecule is C[C@@H](NC(=O)C1CNCCO1)c1ccncc1. The van der Waals surface area contributed by atoms with E-state index in [0.29, 0.717) is 13.2 Å². The summed E-state index contributed by atoms with van der Waals surface area (Å²) in [5.41, 5.74) is 1.04. The molecule has 1 saturated heterocycles. The molecule has 2 rings (SSSR count). The fraction of sp³-hybridized carbons (Fsp3) is 0.500. The summed E-state index contributed by atoms with van der Waals surface area (Å²) in [5, 5.41) is 6.07. The molecule has 0 bridgehead atoms. The highest BCUT2D eigenvalue weighted by Gasteiger charge is 2.23. The quantitative estimate of drug-likeness (QED) is 0.788. The maximum Gasteiger partial charge on any atom is 0.250 e. The Morgan fingerprint density at radius 2 is 2.35 bits per heavy atom. The fourth-order valence-corrected chi connectivity index (χ4v) is 1.78. The average Bonchev–Trinajstić information content (AvgIpc) is 2.40. The monoisotopic (exact) mass is 235 g/mol. The van der Waals surface area contributed by atoms with Crippen molar-refractivity contribution >= 4 is 5.91 Å². The molecule has 92 valence electrons. The minimum absolute atomic E-state index is 0.0315. The number of carbonyl (C=O) groups is 1. The third kappa shape index (κ3) is 3.25. The van der Waals surface area contributed by atoms with E-state index in [1.807, 2.05) is 19.1 Å². The molecular formula is C12H17N3O2. The number of rotatable bonds is 3. The van der Waals surface area contributed by atoms with Gasteiger partial charge in [0.25, 0.3) is 5.91 Å².